The minimum Gasteiger partial charge on any atom is -0.379 e. The van der Waals surface area contributed by atoms with Crippen molar-refractivity contribution in [3.8, 4) is 0 Å². The lowest BCUT2D eigenvalue weighted by molar-refractivity contribution is 0.0383. The molecular weight excluding hydrogens is 380 g/mol. The van der Waals surface area contributed by atoms with Gasteiger partial charge in [0.05, 0.1) is 13.2 Å². The van der Waals surface area contributed by atoms with Gasteiger partial charge in [-0.1, -0.05) is 18.3 Å². The first-order valence-electron chi connectivity index (χ1n) is 9.84. The summed E-state index contributed by atoms with van der Waals surface area (Å²) in [4.78, 5) is 33.7. The summed E-state index contributed by atoms with van der Waals surface area (Å²) in [5, 5.41) is 8.32. The van der Waals surface area contributed by atoms with Gasteiger partial charge in [-0.3, -0.25) is 14.5 Å². The second kappa shape index (κ2) is 8.54. The van der Waals surface area contributed by atoms with Crippen LogP contribution in [0, 0.1) is 5.92 Å². The van der Waals surface area contributed by atoms with Gasteiger partial charge >= 0.3 is 0 Å². The van der Waals surface area contributed by atoms with Crippen molar-refractivity contribution in [3.63, 3.8) is 0 Å². The fraction of sp³-hybridized carbons (Fsp3) is 0.667. The zero-order valence-electron chi connectivity index (χ0n) is 16.1. The number of hydrogen-bond acceptors (Lipinski definition) is 8. The highest BCUT2D eigenvalue weighted by Gasteiger charge is 2.22. The number of amides is 1. The molecule has 2 aliphatic heterocycles. The van der Waals surface area contributed by atoms with Gasteiger partial charge in [-0.25, -0.2) is 0 Å². The molecule has 152 valence electrons. The molecule has 0 unspecified atom stereocenters. The fourth-order valence-corrected chi connectivity index (χ4v) is 4.64. The first kappa shape index (κ1) is 19.3. The van der Waals surface area contributed by atoms with Crippen LogP contribution in [-0.4, -0.2) is 77.9 Å². The Balaban J connectivity index is 1.49. The molecule has 2 aromatic rings. The molecule has 1 N–H and O–H groups in total. The third-order valence-corrected chi connectivity index (χ3v) is 6.19. The van der Waals surface area contributed by atoms with Crippen molar-refractivity contribution in [2.75, 3.05) is 57.4 Å². The van der Waals surface area contributed by atoms with E-state index in [1.807, 2.05) is 0 Å². The molecule has 2 aromatic heterocycles. The maximum atomic E-state index is 12.7. The number of hydrogen-bond donors (Lipinski definition) is 1. The van der Waals surface area contributed by atoms with Gasteiger partial charge in [-0.05, 0) is 18.8 Å². The average Bonchev–Trinajstić information content (AvgIpc) is 3.12. The average molecular weight is 407 g/mol. The zero-order chi connectivity index (χ0) is 19.5. The van der Waals surface area contributed by atoms with Crippen LogP contribution in [0.4, 0.5) is 5.13 Å². The summed E-state index contributed by atoms with van der Waals surface area (Å²) in [6, 6.07) is 1.26. The van der Waals surface area contributed by atoms with Crippen LogP contribution in [0.1, 0.15) is 30.3 Å². The Hall–Kier alpha value is -2.04. The second-order valence-electron chi connectivity index (χ2n) is 7.46. The van der Waals surface area contributed by atoms with Gasteiger partial charge in [0.2, 0.25) is 10.1 Å². The number of carbonyl (C=O) groups excluding carboxylic acids is 1. The number of anilines is 1. The van der Waals surface area contributed by atoms with Gasteiger partial charge in [0.1, 0.15) is 5.69 Å². The lowest BCUT2D eigenvalue weighted by atomic mass is 10.0. The summed E-state index contributed by atoms with van der Waals surface area (Å²) >= 11 is 1.36. The van der Waals surface area contributed by atoms with Crippen LogP contribution in [-0.2, 0) is 4.74 Å². The van der Waals surface area contributed by atoms with Gasteiger partial charge in [0.15, 0.2) is 0 Å². The van der Waals surface area contributed by atoms with E-state index in [2.05, 4.69) is 32.1 Å². The van der Waals surface area contributed by atoms with E-state index in [-0.39, 0.29) is 11.6 Å². The van der Waals surface area contributed by atoms with Gasteiger partial charge in [0.25, 0.3) is 11.5 Å². The number of piperidine rings is 1. The number of fused-ring (bicyclic) bond motifs is 1. The van der Waals surface area contributed by atoms with Crippen molar-refractivity contribution in [3.05, 3.63) is 22.1 Å². The molecule has 0 aromatic carbocycles. The Morgan fingerprint density at radius 1 is 1.36 bits per heavy atom. The predicted molar refractivity (Wildman–Crippen MR) is 107 cm³/mol. The van der Waals surface area contributed by atoms with E-state index in [1.165, 1.54) is 28.3 Å². The minimum atomic E-state index is -0.416. The molecule has 28 heavy (non-hydrogen) atoms. The maximum absolute atomic E-state index is 12.7. The molecule has 0 radical (unpaired) electrons. The SMILES string of the molecule is C[C@@H]1CCCN(c2nn3c(C(=O)NCCN4CCOCC4)cc(=O)nc3s2)C1. The Morgan fingerprint density at radius 2 is 2.18 bits per heavy atom. The molecule has 9 nitrogen and oxygen atoms in total. The van der Waals surface area contributed by atoms with Crippen LogP contribution >= 0.6 is 11.3 Å². The molecule has 0 spiro atoms. The number of ether oxygens (including phenoxy) is 1. The van der Waals surface area contributed by atoms with E-state index in [4.69, 9.17) is 4.74 Å². The molecule has 2 saturated heterocycles. The standard InChI is InChI=1S/C18H26N6O3S/c1-13-3-2-5-23(12-13)18-21-24-14(11-15(25)20-17(24)28-18)16(26)19-4-6-22-7-9-27-10-8-22/h11,13H,2-10,12H2,1H3,(H,19,26)/t13-/m1/s1. The number of morpholine rings is 1. The van der Waals surface area contributed by atoms with E-state index >= 15 is 0 Å². The number of carbonyl (C=O) groups is 1. The molecule has 2 fully saturated rings. The van der Waals surface area contributed by atoms with Crippen molar-refractivity contribution < 1.29 is 9.53 Å². The Labute approximate surface area is 167 Å². The Bertz CT molecular complexity index is 891. The highest BCUT2D eigenvalue weighted by molar-refractivity contribution is 7.20. The summed E-state index contributed by atoms with van der Waals surface area (Å²) < 4.78 is 6.84. The molecule has 1 atom stereocenters. The molecule has 0 aliphatic carbocycles. The van der Waals surface area contributed by atoms with Crippen LogP contribution in [0.25, 0.3) is 4.96 Å². The Kier molecular flexibility index (Phi) is 5.88. The molecule has 2 aliphatic rings. The summed E-state index contributed by atoms with van der Waals surface area (Å²) in [6.07, 6.45) is 2.34. The number of rotatable bonds is 5. The van der Waals surface area contributed by atoms with E-state index < -0.39 is 5.56 Å². The third kappa shape index (κ3) is 4.34. The lowest BCUT2D eigenvalue weighted by Crippen LogP contribution is -2.41. The highest BCUT2D eigenvalue weighted by Crippen LogP contribution is 2.27. The molecule has 10 heteroatoms. The second-order valence-corrected chi connectivity index (χ2v) is 8.40. The van der Waals surface area contributed by atoms with Crippen LogP contribution in [0.15, 0.2) is 10.9 Å². The van der Waals surface area contributed by atoms with Gasteiger partial charge in [0, 0.05) is 45.3 Å². The van der Waals surface area contributed by atoms with Crippen molar-refractivity contribution >= 4 is 27.3 Å². The maximum Gasteiger partial charge on any atom is 0.274 e. The molecule has 1 amide bonds. The van der Waals surface area contributed by atoms with Gasteiger partial charge < -0.3 is 15.0 Å². The zero-order valence-corrected chi connectivity index (χ0v) is 16.9. The quantitative estimate of drug-likeness (QED) is 0.771. The highest BCUT2D eigenvalue weighted by atomic mass is 32.1. The van der Waals surface area contributed by atoms with Crippen LogP contribution < -0.4 is 15.8 Å². The molecule has 4 rings (SSSR count). The first-order chi connectivity index (χ1) is 13.6. The summed E-state index contributed by atoms with van der Waals surface area (Å²) in [6.45, 7) is 8.58. The van der Waals surface area contributed by atoms with Crippen molar-refractivity contribution in [2.24, 2.45) is 5.92 Å². The summed E-state index contributed by atoms with van der Waals surface area (Å²) in [5.74, 6) is 0.309. The van der Waals surface area contributed by atoms with Gasteiger partial charge in [-0.2, -0.15) is 9.50 Å². The summed E-state index contributed by atoms with van der Waals surface area (Å²) in [7, 11) is 0. The van der Waals surface area contributed by atoms with Crippen molar-refractivity contribution in [1.82, 2.24) is 24.8 Å². The third-order valence-electron chi connectivity index (χ3n) is 5.22. The number of nitrogens with zero attached hydrogens (tertiary/aromatic N) is 5. The van der Waals surface area contributed by atoms with Crippen LogP contribution in [0.2, 0.25) is 0 Å². The normalized spacial score (nSPS) is 21.2. The minimum absolute atomic E-state index is 0.240. The molecule has 4 heterocycles. The monoisotopic (exact) mass is 406 g/mol. The smallest absolute Gasteiger partial charge is 0.274 e. The number of aromatic nitrogens is 3. The Morgan fingerprint density at radius 3 is 2.96 bits per heavy atom. The largest absolute Gasteiger partial charge is 0.379 e. The van der Waals surface area contributed by atoms with Crippen LogP contribution in [0.3, 0.4) is 0 Å². The van der Waals surface area contributed by atoms with Gasteiger partial charge in [-0.15, -0.1) is 5.10 Å². The molecule has 0 saturated carbocycles. The van der Waals surface area contributed by atoms with E-state index in [9.17, 15) is 9.59 Å². The first-order valence-corrected chi connectivity index (χ1v) is 10.7. The molecule has 0 bridgehead atoms. The van der Waals surface area contributed by atoms with Crippen molar-refractivity contribution in [2.45, 2.75) is 19.8 Å². The molecular formula is C18H26N6O3S. The number of nitrogens with one attached hydrogen (secondary N) is 1. The van der Waals surface area contributed by atoms with E-state index in [0.29, 0.717) is 17.4 Å². The predicted octanol–water partition coefficient (Wildman–Crippen LogP) is 0.449. The fourth-order valence-electron chi connectivity index (χ4n) is 3.70. The summed E-state index contributed by atoms with van der Waals surface area (Å²) in [5.41, 5.74) is -0.176. The van der Waals surface area contributed by atoms with E-state index in [0.717, 1.165) is 57.5 Å². The topological polar surface area (TPSA) is 92.1 Å². The van der Waals surface area contributed by atoms with Crippen LogP contribution in [0.5, 0.6) is 0 Å². The lowest BCUT2D eigenvalue weighted by Gasteiger charge is -2.30. The van der Waals surface area contributed by atoms with Crippen molar-refractivity contribution in [1.29, 1.82) is 0 Å². The van der Waals surface area contributed by atoms with E-state index in [1.54, 1.807) is 0 Å².